The van der Waals surface area contributed by atoms with Crippen molar-refractivity contribution in [3.05, 3.63) is 29.3 Å². The monoisotopic (exact) mass is 478 g/mol. The number of rotatable bonds is 10. The summed E-state index contributed by atoms with van der Waals surface area (Å²) in [5, 5.41) is 11.1. The van der Waals surface area contributed by atoms with Crippen molar-refractivity contribution in [3.63, 3.8) is 0 Å². The highest BCUT2D eigenvalue weighted by molar-refractivity contribution is 8.01. The van der Waals surface area contributed by atoms with Gasteiger partial charge in [-0.3, -0.25) is 13.9 Å². The van der Waals surface area contributed by atoms with E-state index in [0.717, 1.165) is 29.4 Å². The van der Waals surface area contributed by atoms with Gasteiger partial charge in [-0.15, -0.1) is 10.2 Å². The fourth-order valence-corrected chi connectivity index (χ4v) is 4.92. The van der Waals surface area contributed by atoms with Crippen molar-refractivity contribution >= 4 is 67.4 Å². The molecule has 1 aromatic heterocycles. The quantitative estimate of drug-likeness (QED) is 0.314. The fourth-order valence-electron chi connectivity index (χ4n) is 2.18. The minimum absolute atomic E-state index is 0.0941. The van der Waals surface area contributed by atoms with Crippen molar-refractivity contribution < 1.29 is 22.7 Å². The number of amides is 1. The predicted octanol–water partition coefficient (Wildman–Crippen LogP) is 2.64. The van der Waals surface area contributed by atoms with Crippen LogP contribution in [0.1, 0.15) is 12.8 Å². The summed E-state index contributed by atoms with van der Waals surface area (Å²) in [6.07, 6.45) is 1.49. The molecule has 1 aromatic carbocycles. The van der Waals surface area contributed by atoms with Crippen molar-refractivity contribution in [2.24, 2.45) is 0 Å². The summed E-state index contributed by atoms with van der Waals surface area (Å²) in [4.78, 5) is 23.2. The Morgan fingerprint density at radius 3 is 2.76 bits per heavy atom. The number of hydrogen-bond acceptors (Lipinski definition) is 9. The number of nitrogens with zero attached hydrogens (tertiary/aromatic N) is 3. The molecule has 13 heteroatoms. The minimum Gasteiger partial charge on any atom is -0.468 e. The van der Waals surface area contributed by atoms with Gasteiger partial charge in [-0.05, 0) is 24.6 Å². The smallest absolute Gasteiger partial charge is 0.316 e. The van der Waals surface area contributed by atoms with Crippen molar-refractivity contribution in [1.82, 2.24) is 10.2 Å². The van der Waals surface area contributed by atoms with Gasteiger partial charge in [0.25, 0.3) is 0 Å². The molecule has 1 N–H and O–H groups in total. The zero-order valence-corrected chi connectivity index (χ0v) is 18.8. The summed E-state index contributed by atoms with van der Waals surface area (Å²) >= 11 is 8.23. The second kappa shape index (κ2) is 10.8. The molecule has 0 atom stereocenters. The first-order valence-electron chi connectivity index (χ1n) is 8.25. The van der Waals surface area contributed by atoms with Crippen LogP contribution < -0.4 is 9.62 Å². The second-order valence-corrected chi connectivity index (χ2v) is 10.2. The Morgan fingerprint density at radius 2 is 2.10 bits per heavy atom. The van der Waals surface area contributed by atoms with Crippen LogP contribution in [0.4, 0.5) is 10.8 Å². The van der Waals surface area contributed by atoms with Crippen LogP contribution in [-0.4, -0.2) is 56.2 Å². The maximum Gasteiger partial charge on any atom is 0.316 e. The lowest BCUT2D eigenvalue weighted by atomic mass is 10.2. The fraction of sp³-hybridized carbons (Fsp3) is 0.375. The van der Waals surface area contributed by atoms with E-state index in [4.69, 9.17) is 11.6 Å². The first kappa shape index (κ1) is 23.4. The SMILES string of the molecule is COC(=O)CSc1nnc(NC(=O)CCCN(c2cccc(Cl)c2)S(C)(=O)=O)s1. The van der Waals surface area contributed by atoms with Crippen molar-refractivity contribution in [3.8, 4) is 0 Å². The molecule has 0 aliphatic carbocycles. The Labute approximate surface area is 181 Å². The van der Waals surface area contributed by atoms with E-state index in [2.05, 4.69) is 20.3 Å². The van der Waals surface area contributed by atoms with Gasteiger partial charge in [0, 0.05) is 18.0 Å². The number of halogens is 1. The molecule has 0 saturated heterocycles. The number of hydrogen-bond donors (Lipinski definition) is 1. The Bertz CT molecular complexity index is 967. The molecule has 0 unspecified atom stereocenters. The van der Waals surface area contributed by atoms with Crippen LogP contribution in [0.5, 0.6) is 0 Å². The average Bonchev–Trinajstić information content (AvgIpc) is 3.09. The largest absolute Gasteiger partial charge is 0.468 e. The number of thioether (sulfide) groups is 1. The third-order valence-electron chi connectivity index (χ3n) is 3.46. The molecule has 1 heterocycles. The van der Waals surface area contributed by atoms with E-state index in [1.807, 2.05) is 0 Å². The summed E-state index contributed by atoms with van der Waals surface area (Å²) in [7, 11) is -2.22. The minimum atomic E-state index is -3.52. The molecule has 2 rings (SSSR count). The predicted molar refractivity (Wildman–Crippen MR) is 114 cm³/mol. The molecule has 0 radical (unpaired) electrons. The third kappa shape index (κ3) is 7.80. The zero-order valence-electron chi connectivity index (χ0n) is 15.6. The molecule has 1 amide bonds. The van der Waals surface area contributed by atoms with E-state index in [9.17, 15) is 18.0 Å². The van der Waals surface area contributed by atoms with Crippen molar-refractivity contribution in [2.45, 2.75) is 17.2 Å². The number of methoxy groups -OCH3 is 1. The molecule has 2 aromatic rings. The highest BCUT2D eigenvalue weighted by Gasteiger charge is 2.18. The number of aromatic nitrogens is 2. The van der Waals surface area contributed by atoms with E-state index in [0.29, 0.717) is 26.6 Å². The number of sulfonamides is 1. The van der Waals surface area contributed by atoms with Crippen LogP contribution in [0.2, 0.25) is 5.02 Å². The molecule has 0 fully saturated rings. The van der Waals surface area contributed by atoms with Gasteiger partial charge in [-0.2, -0.15) is 0 Å². The number of ether oxygens (including phenoxy) is 1. The molecule has 0 spiro atoms. The van der Waals surface area contributed by atoms with Gasteiger partial charge >= 0.3 is 5.97 Å². The highest BCUT2D eigenvalue weighted by Crippen LogP contribution is 2.26. The average molecular weight is 479 g/mol. The van der Waals surface area contributed by atoms with Gasteiger partial charge in [-0.1, -0.05) is 40.8 Å². The first-order valence-corrected chi connectivity index (χ1v) is 12.3. The second-order valence-electron chi connectivity index (χ2n) is 5.70. The van der Waals surface area contributed by atoms with Gasteiger partial charge in [0.2, 0.25) is 21.1 Å². The molecule has 0 aliphatic heterocycles. The van der Waals surface area contributed by atoms with Gasteiger partial charge in [0.1, 0.15) is 0 Å². The highest BCUT2D eigenvalue weighted by atomic mass is 35.5. The van der Waals surface area contributed by atoms with E-state index >= 15 is 0 Å². The van der Waals surface area contributed by atoms with Crippen molar-refractivity contribution in [1.29, 1.82) is 0 Å². The third-order valence-corrected chi connectivity index (χ3v) is 6.83. The zero-order chi connectivity index (χ0) is 21.4. The van der Waals surface area contributed by atoms with Gasteiger partial charge in [0.05, 0.1) is 24.8 Å². The lowest BCUT2D eigenvalue weighted by Gasteiger charge is -2.22. The van der Waals surface area contributed by atoms with Gasteiger partial charge in [-0.25, -0.2) is 8.42 Å². The number of benzene rings is 1. The molecular formula is C16H19ClN4O5S3. The summed E-state index contributed by atoms with van der Waals surface area (Å²) in [5.41, 5.74) is 0.441. The summed E-state index contributed by atoms with van der Waals surface area (Å²) < 4.78 is 30.4. The number of carbonyl (C=O) groups excluding carboxylic acids is 2. The lowest BCUT2D eigenvalue weighted by Crippen LogP contribution is -2.31. The summed E-state index contributed by atoms with van der Waals surface area (Å²) in [6, 6.07) is 6.51. The van der Waals surface area contributed by atoms with Gasteiger partial charge in [0.15, 0.2) is 4.34 Å². The van der Waals surface area contributed by atoms with E-state index in [-0.39, 0.29) is 30.6 Å². The van der Waals surface area contributed by atoms with E-state index < -0.39 is 10.0 Å². The topological polar surface area (TPSA) is 119 Å². The molecule has 0 bridgehead atoms. The Morgan fingerprint density at radius 1 is 1.34 bits per heavy atom. The van der Waals surface area contributed by atoms with Crippen LogP contribution >= 0.6 is 34.7 Å². The van der Waals surface area contributed by atoms with E-state index in [1.165, 1.54) is 11.4 Å². The number of nitrogens with one attached hydrogen (secondary N) is 1. The summed E-state index contributed by atoms with van der Waals surface area (Å²) in [5.74, 6) is -0.597. The maximum atomic E-state index is 12.1. The molecular weight excluding hydrogens is 460 g/mol. The Hall–Kier alpha value is -1.89. The maximum absolute atomic E-state index is 12.1. The van der Waals surface area contributed by atoms with Crippen LogP contribution in [0.25, 0.3) is 0 Å². The van der Waals surface area contributed by atoms with Crippen LogP contribution in [0, 0.1) is 0 Å². The van der Waals surface area contributed by atoms with Gasteiger partial charge < -0.3 is 10.1 Å². The van der Waals surface area contributed by atoms with Crippen LogP contribution in [0.15, 0.2) is 28.6 Å². The van der Waals surface area contributed by atoms with Crippen molar-refractivity contribution in [2.75, 3.05) is 35.3 Å². The standard InChI is InChI=1S/C16H19ClN4O5S3/c1-26-14(23)10-27-16-20-19-15(28-16)18-13(22)7-4-8-21(29(2,24)25)12-6-3-5-11(17)9-12/h3,5-6,9H,4,7-8,10H2,1-2H3,(H,18,19,22). The molecule has 0 aliphatic rings. The number of anilines is 2. The molecule has 29 heavy (non-hydrogen) atoms. The molecule has 9 nitrogen and oxygen atoms in total. The number of carbonyl (C=O) groups is 2. The van der Waals surface area contributed by atoms with Crippen LogP contribution in [-0.2, 0) is 24.3 Å². The lowest BCUT2D eigenvalue weighted by molar-refractivity contribution is -0.137. The summed E-state index contributed by atoms with van der Waals surface area (Å²) in [6.45, 7) is 0.128. The van der Waals surface area contributed by atoms with E-state index in [1.54, 1.807) is 24.3 Å². The first-order chi connectivity index (χ1) is 13.7. The molecule has 158 valence electrons. The Kier molecular flexibility index (Phi) is 8.68. The normalized spacial score (nSPS) is 11.1. The number of esters is 1. The molecule has 0 saturated carbocycles. The van der Waals surface area contributed by atoms with Crippen LogP contribution in [0.3, 0.4) is 0 Å². The Balaban J connectivity index is 1.86.